The third kappa shape index (κ3) is 4.01. The molecule has 1 atom stereocenters. The molecule has 1 aromatic heterocycles. The number of aliphatic hydroxyl groups excluding tert-OH is 1. The van der Waals surface area contributed by atoms with Crippen molar-refractivity contribution in [2.24, 2.45) is 0 Å². The second-order valence-corrected chi connectivity index (χ2v) is 8.81. The molecule has 0 saturated carbocycles. The molecule has 2 heterocycles. The zero-order valence-electron chi connectivity index (χ0n) is 19.3. The van der Waals surface area contributed by atoms with Gasteiger partial charge in [-0.3, -0.25) is 9.59 Å². The van der Waals surface area contributed by atoms with E-state index in [9.17, 15) is 14.7 Å². The Morgan fingerprint density at radius 1 is 1.00 bits per heavy atom. The minimum Gasteiger partial charge on any atom is -0.507 e. The first-order valence-electron chi connectivity index (χ1n) is 10.6. The van der Waals surface area contributed by atoms with Crippen molar-refractivity contribution in [1.29, 1.82) is 0 Å². The van der Waals surface area contributed by atoms with Crippen molar-refractivity contribution in [2.45, 2.75) is 19.5 Å². The van der Waals surface area contributed by atoms with Gasteiger partial charge in [0.2, 0.25) is 0 Å². The van der Waals surface area contributed by atoms with Crippen LogP contribution >= 0.6 is 11.3 Å². The maximum atomic E-state index is 13.3. The third-order valence-corrected chi connectivity index (χ3v) is 6.70. The van der Waals surface area contributed by atoms with Gasteiger partial charge in [0, 0.05) is 16.0 Å². The Balaban J connectivity index is 1.94. The second kappa shape index (κ2) is 9.61. The molecular weight excluding hydrogens is 454 g/mol. The first-order valence-corrected chi connectivity index (χ1v) is 11.5. The van der Waals surface area contributed by atoms with Crippen LogP contribution in [-0.2, 0) is 16.1 Å². The zero-order chi connectivity index (χ0) is 24.4. The number of aryl methyl sites for hydroxylation is 1. The molecule has 176 valence electrons. The van der Waals surface area contributed by atoms with Crippen LogP contribution in [0.25, 0.3) is 5.76 Å². The SMILES string of the molecule is COc1ccc(/C(O)=C2\C(=O)C(=O)N(Cc3cccs3)C2c2cccc(OC)c2OC)cc1C. The van der Waals surface area contributed by atoms with Crippen LogP contribution in [0.4, 0.5) is 0 Å². The van der Waals surface area contributed by atoms with E-state index in [1.165, 1.54) is 30.5 Å². The standard InChI is InChI=1S/C26H25NO6S/c1-15-13-16(10-11-19(15)31-2)23(28)21-22(18-8-5-9-20(32-3)25(18)33-4)27(26(30)24(21)29)14-17-7-6-12-34-17/h5-13,22,28H,14H2,1-4H3/b23-21+. The zero-order valence-corrected chi connectivity index (χ0v) is 20.1. The summed E-state index contributed by atoms with van der Waals surface area (Å²) in [6.45, 7) is 2.05. The first-order chi connectivity index (χ1) is 16.4. The lowest BCUT2D eigenvalue weighted by Crippen LogP contribution is -2.29. The maximum Gasteiger partial charge on any atom is 0.295 e. The minimum atomic E-state index is -0.866. The predicted molar refractivity (Wildman–Crippen MR) is 129 cm³/mol. The molecule has 1 unspecified atom stereocenters. The van der Waals surface area contributed by atoms with Crippen molar-refractivity contribution < 1.29 is 28.9 Å². The number of ether oxygens (including phenoxy) is 3. The molecule has 0 spiro atoms. The van der Waals surface area contributed by atoms with Crippen LogP contribution in [0, 0.1) is 6.92 Å². The number of hydrogen-bond donors (Lipinski definition) is 1. The number of para-hydroxylation sites is 1. The molecule has 1 N–H and O–H groups in total. The van der Waals surface area contributed by atoms with Crippen molar-refractivity contribution in [1.82, 2.24) is 4.90 Å². The highest BCUT2D eigenvalue weighted by Crippen LogP contribution is 2.46. The molecule has 1 aliphatic rings. The smallest absolute Gasteiger partial charge is 0.295 e. The van der Waals surface area contributed by atoms with Gasteiger partial charge in [-0.25, -0.2) is 0 Å². The van der Waals surface area contributed by atoms with Crippen molar-refractivity contribution in [3.05, 3.63) is 81.1 Å². The third-order valence-electron chi connectivity index (χ3n) is 5.84. The summed E-state index contributed by atoms with van der Waals surface area (Å²) in [4.78, 5) is 28.9. The van der Waals surface area contributed by atoms with Crippen LogP contribution in [0.1, 0.15) is 27.6 Å². The van der Waals surface area contributed by atoms with Gasteiger partial charge >= 0.3 is 0 Å². The molecule has 8 heteroatoms. The van der Waals surface area contributed by atoms with Gasteiger partial charge in [0.05, 0.1) is 39.5 Å². The van der Waals surface area contributed by atoms with E-state index in [-0.39, 0.29) is 17.9 Å². The van der Waals surface area contributed by atoms with E-state index < -0.39 is 17.7 Å². The number of benzene rings is 2. The number of rotatable bonds is 7. The lowest BCUT2D eigenvalue weighted by Gasteiger charge is -2.27. The lowest BCUT2D eigenvalue weighted by molar-refractivity contribution is -0.140. The highest BCUT2D eigenvalue weighted by molar-refractivity contribution is 7.09. The van der Waals surface area contributed by atoms with Crippen LogP contribution in [0.15, 0.2) is 59.5 Å². The Labute approximate surface area is 201 Å². The van der Waals surface area contributed by atoms with Gasteiger partial charge in [0.25, 0.3) is 11.7 Å². The fraction of sp³-hybridized carbons (Fsp3) is 0.231. The Morgan fingerprint density at radius 3 is 2.38 bits per heavy atom. The van der Waals surface area contributed by atoms with E-state index in [1.807, 2.05) is 24.4 Å². The van der Waals surface area contributed by atoms with Gasteiger partial charge in [-0.2, -0.15) is 0 Å². The first kappa shape index (κ1) is 23.4. The molecule has 4 rings (SSSR count). The van der Waals surface area contributed by atoms with E-state index >= 15 is 0 Å². The predicted octanol–water partition coefficient (Wildman–Crippen LogP) is 4.70. The summed E-state index contributed by atoms with van der Waals surface area (Å²) >= 11 is 1.49. The number of hydrogen-bond acceptors (Lipinski definition) is 7. The molecule has 1 fully saturated rings. The van der Waals surface area contributed by atoms with Crippen LogP contribution in [-0.4, -0.2) is 43.0 Å². The largest absolute Gasteiger partial charge is 0.507 e. The lowest BCUT2D eigenvalue weighted by atomic mass is 9.94. The fourth-order valence-electron chi connectivity index (χ4n) is 4.25. The van der Waals surface area contributed by atoms with E-state index in [1.54, 1.807) is 43.5 Å². The Hall–Kier alpha value is -3.78. The molecule has 34 heavy (non-hydrogen) atoms. The number of carbonyl (C=O) groups excluding carboxylic acids is 2. The average molecular weight is 480 g/mol. The normalized spacial score (nSPS) is 17.2. The van der Waals surface area contributed by atoms with E-state index in [0.717, 1.165) is 10.4 Å². The summed E-state index contributed by atoms with van der Waals surface area (Å²) in [5.74, 6) is -0.187. The van der Waals surface area contributed by atoms with Crippen molar-refractivity contribution >= 4 is 28.8 Å². The Kier molecular flexibility index (Phi) is 6.61. The number of aliphatic hydroxyl groups is 1. The monoisotopic (exact) mass is 479 g/mol. The molecule has 1 saturated heterocycles. The topological polar surface area (TPSA) is 85.3 Å². The summed E-state index contributed by atoms with van der Waals surface area (Å²) in [7, 11) is 4.58. The summed E-state index contributed by atoms with van der Waals surface area (Å²) in [6, 6.07) is 13.3. The van der Waals surface area contributed by atoms with Gasteiger partial charge in [-0.05, 0) is 48.2 Å². The molecular formula is C26H25NO6S. The molecule has 3 aromatic rings. The molecule has 1 amide bonds. The summed E-state index contributed by atoms with van der Waals surface area (Å²) in [5, 5.41) is 13.2. The number of amides is 1. The number of Topliss-reactive ketones (excluding diaryl/α,β-unsaturated/α-hetero) is 1. The maximum absolute atomic E-state index is 13.3. The Bertz CT molecular complexity index is 1260. The van der Waals surface area contributed by atoms with Gasteiger partial charge < -0.3 is 24.2 Å². The molecule has 1 aliphatic heterocycles. The van der Waals surface area contributed by atoms with Gasteiger partial charge in [0.15, 0.2) is 11.5 Å². The van der Waals surface area contributed by atoms with E-state index in [0.29, 0.717) is 28.4 Å². The molecule has 0 radical (unpaired) electrons. The second-order valence-electron chi connectivity index (χ2n) is 7.77. The highest BCUT2D eigenvalue weighted by atomic mass is 32.1. The van der Waals surface area contributed by atoms with Gasteiger partial charge in [-0.1, -0.05) is 18.2 Å². The van der Waals surface area contributed by atoms with Crippen LogP contribution in [0.5, 0.6) is 17.2 Å². The number of methoxy groups -OCH3 is 3. The van der Waals surface area contributed by atoms with Crippen LogP contribution < -0.4 is 14.2 Å². The van der Waals surface area contributed by atoms with E-state index in [4.69, 9.17) is 14.2 Å². The van der Waals surface area contributed by atoms with Gasteiger partial charge in [0.1, 0.15) is 11.5 Å². The number of thiophene rings is 1. The number of ketones is 1. The summed E-state index contributed by atoms with van der Waals surface area (Å²) in [5.41, 5.74) is 1.75. The molecule has 0 bridgehead atoms. The van der Waals surface area contributed by atoms with Crippen molar-refractivity contribution in [2.75, 3.05) is 21.3 Å². The molecule has 2 aromatic carbocycles. The Morgan fingerprint density at radius 2 is 1.76 bits per heavy atom. The molecule has 0 aliphatic carbocycles. The van der Waals surface area contributed by atoms with Crippen LogP contribution in [0.2, 0.25) is 0 Å². The van der Waals surface area contributed by atoms with Gasteiger partial charge in [-0.15, -0.1) is 11.3 Å². The summed E-state index contributed by atoms with van der Waals surface area (Å²) < 4.78 is 16.4. The fourth-order valence-corrected chi connectivity index (χ4v) is 4.95. The van der Waals surface area contributed by atoms with Crippen molar-refractivity contribution in [3.8, 4) is 17.2 Å². The highest BCUT2D eigenvalue weighted by Gasteiger charge is 2.47. The molecule has 7 nitrogen and oxygen atoms in total. The van der Waals surface area contributed by atoms with E-state index in [2.05, 4.69) is 0 Å². The summed E-state index contributed by atoms with van der Waals surface area (Å²) in [6.07, 6.45) is 0. The number of carbonyl (C=O) groups is 2. The quantitative estimate of drug-likeness (QED) is 0.300. The van der Waals surface area contributed by atoms with Crippen molar-refractivity contribution in [3.63, 3.8) is 0 Å². The minimum absolute atomic E-state index is 0.00215. The number of likely N-dealkylation sites (tertiary alicyclic amines) is 1. The average Bonchev–Trinajstić information content (AvgIpc) is 3.45. The van der Waals surface area contributed by atoms with Crippen LogP contribution in [0.3, 0.4) is 0 Å². The number of nitrogens with zero attached hydrogens (tertiary/aromatic N) is 1.